The molecule has 1 aliphatic heterocycles. The molecule has 2 N–H and O–H groups in total. The number of benzene rings is 1. The second-order valence-electron chi connectivity index (χ2n) is 6.50. The van der Waals surface area contributed by atoms with Crippen LogP contribution < -0.4 is 15.5 Å². The number of guanidine groups is 1. The molecule has 1 heterocycles. The van der Waals surface area contributed by atoms with E-state index in [2.05, 4.69) is 67.6 Å². The topological polar surface area (TPSA) is 39.7 Å². The van der Waals surface area contributed by atoms with Gasteiger partial charge in [0.15, 0.2) is 5.96 Å². The van der Waals surface area contributed by atoms with Crippen molar-refractivity contribution in [2.24, 2.45) is 16.8 Å². The molecule has 3 unspecified atom stereocenters. The molecule has 1 aromatic carbocycles. The Morgan fingerprint density at radius 2 is 2.22 bits per heavy atom. The van der Waals surface area contributed by atoms with Gasteiger partial charge < -0.3 is 15.5 Å². The summed E-state index contributed by atoms with van der Waals surface area (Å²) in [6.07, 6.45) is 2.50. The summed E-state index contributed by atoms with van der Waals surface area (Å²) in [5, 5.41) is 6.97. The highest BCUT2D eigenvalue weighted by Crippen LogP contribution is 2.29. The van der Waals surface area contributed by atoms with Crippen LogP contribution in [0.3, 0.4) is 0 Å². The summed E-state index contributed by atoms with van der Waals surface area (Å²) in [7, 11) is 1.85. The van der Waals surface area contributed by atoms with Crippen LogP contribution in [0.4, 0.5) is 5.69 Å². The van der Waals surface area contributed by atoms with Crippen molar-refractivity contribution in [2.45, 2.75) is 25.8 Å². The van der Waals surface area contributed by atoms with E-state index in [0.29, 0.717) is 12.0 Å². The van der Waals surface area contributed by atoms with Crippen LogP contribution in [0.5, 0.6) is 0 Å². The van der Waals surface area contributed by atoms with Crippen LogP contribution in [-0.2, 0) is 0 Å². The van der Waals surface area contributed by atoms with E-state index in [-0.39, 0.29) is 24.0 Å². The first-order valence-electron chi connectivity index (χ1n) is 8.13. The van der Waals surface area contributed by atoms with E-state index in [1.165, 1.54) is 18.5 Å². The maximum atomic E-state index is 4.33. The van der Waals surface area contributed by atoms with E-state index in [9.17, 15) is 0 Å². The number of hydrogen-bond donors (Lipinski definition) is 2. The van der Waals surface area contributed by atoms with Gasteiger partial charge in [0.25, 0.3) is 0 Å². The Hall–Kier alpha value is -0.500. The SMILES string of the molecule is CN=C(NCC1CCN(c2cccc(Br)c2)C1)NC1CC1C.I. The molecule has 0 aromatic heterocycles. The Labute approximate surface area is 164 Å². The van der Waals surface area contributed by atoms with E-state index in [0.717, 1.165) is 36.0 Å². The summed E-state index contributed by atoms with van der Waals surface area (Å²) in [5.41, 5.74) is 1.31. The molecular formula is C17H26BrIN4. The van der Waals surface area contributed by atoms with E-state index in [1.807, 2.05) is 7.05 Å². The standard InChI is InChI=1S/C17H25BrN4.HI/c1-12-8-16(12)21-17(19-2)20-10-13-6-7-22(11-13)15-5-3-4-14(18)9-15;/h3-5,9,12-13,16H,6-8,10-11H2,1-2H3,(H2,19,20,21);1H. The van der Waals surface area contributed by atoms with Crippen LogP contribution in [0.25, 0.3) is 0 Å². The molecule has 1 aliphatic carbocycles. The lowest BCUT2D eigenvalue weighted by Gasteiger charge is -2.19. The molecule has 0 spiro atoms. The fourth-order valence-corrected chi connectivity index (χ4v) is 3.43. The molecule has 2 aliphatic rings. The van der Waals surface area contributed by atoms with Crippen molar-refractivity contribution >= 4 is 51.6 Å². The number of nitrogens with one attached hydrogen (secondary N) is 2. The van der Waals surface area contributed by atoms with Gasteiger partial charge in [0.2, 0.25) is 0 Å². The second kappa shape index (κ2) is 8.55. The monoisotopic (exact) mass is 492 g/mol. The highest BCUT2D eigenvalue weighted by molar-refractivity contribution is 14.0. The molecule has 6 heteroatoms. The predicted molar refractivity (Wildman–Crippen MR) is 112 cm³/mol. The number of hydrogen-bond acceptors (Lipinski definition) is 2. The summed E-state index contributed by atoms with van der Waals surface area (Å²) in [4.78, 5) is 6.80. The van der Waals surface area contributed by atoms with Gasteiger partial charge >= 0.3 is 0 Å². The molecule has 0 bridgehead atoms. The van der Waals surface area contributed by atoms with Crippen molar-refractivity contribution in [1.82, 2.24) is 10.6 Å². The predicted octanol–water partition coefficient (Wildman–Crippen LogP) is 3.47. The van der Waals surface area contributed by atoms with Gasteiger partial charge in [-0.1, -0.05) is 28.9 Å². The smallest absolute Gasteiger partial charge is 0.191 e. The largest absolute Gasteiger partial charge is 0.371 e. The lowest BCUT2D eigenvalue weighted by atomic mass is 10.1. The van der Waals surface area contributed by atoms with Gasteiger partial charge in [-0.15, -0.1) is 24.0 Å². The zero-order valence-corrected chi connectivity index (χ0v) is 17.7. The highest BCUT2D eigenvalue weighted by atomic mass is 127. The number of rotatable bonds is 4. The quantitative estimate of drug-likeness (QED) is 0.384. The molecular weight excluding hydrogens is 467 g/mol. The Morgan fingerprint density at radius 3 is 2.87 bits per heavy atom. The van der Waals surface area contributed by atoms with Crippen molar-refractivity contribution in [3.05, 3.63) is 28.7 Å². The van der Waals surface area contributed by atoms with Crippen LogP contribution in [-0.4, -0.2) is 38.7 Å². The fraction of sp³-hybridized carbons (Fsp3) is 0.588. The molecule has 0 amide bonds. The van der Waals surface area contributed by atoms with Crippen molar-refractivity contribution in [1.29, 1.82) is 0 Å². The molecule has 3 rings (SSSR count). The van der Waals surface area contributed by atoms with Gasteiger partial charge in [-0.25, -0.2) is 0 Å². The van der Waals surface area contributed by atoms with E-state index < -0.39 is 0 Å². The van der Waals surface area contributed by atoms with Crippen LogP contribution in [0.15, 0.2) is 33.7 Å². The number of aliphatic imine (C=N–C) groups is 1. The Morgan fingerprint density at radius 1 is 1.43 bits per heavy atom. The van der Waals surface area contributed by atoms with Crippen LogP contribution in [0, 0.1) is 11.8 Å². The Kier molecular flexibility index (Phi) is 7.00. The normalized spacial score (nSPS) is 26.7. The van der Waals surface area contributed by atoms with E-state index >= 15 is 0 Å². The lowest BCUT2D eigenvalue weighted by molar-refractivity contribution is 0.564. The minimum Gasteiger partial charge on any atom is -0.371 e. The second-order valence-corrected chi connectivity index (χ2v) is 7.41. The minimum absolute atomic E-state index is 0. The maximum absolute atomic E-state index is 4.33. The third kappa shape index (κ3) is 5.24. The highest BCUT2D eigenvalue weighted by Gasteiger charge is 2.33. The minimum atomic E-state index is 0. The summed E-state index contributed by atoms with van der Waals surface area (Å²) < 4.78 is 1.15. The molecule has 3 atom stereocenters. The molecule has 1 saturated heterocycles. The summed E-state index contributed by atoms with van der Waals surface area (Å²) in [6, 6.07) is 9.19. The molecule has 4 nitrogen and oxygen atoms in total. The van der Waals surface area contributed by atoms with E-state index in [1.54, 1.807) is 0 Å². The first kappa shape index (κ1) is 18.8. The molecule has 1 saturated carbocycles. The molecule has 128 valence electrons. The zero-order valence-electron chi connectivity index (χ0n) is 13.8. The molecule has 23 heavy (non-hydrogen) atoms. The van der Waals surface area contributed by atoms with Crippen LogP contribution in [0.2, 0.25) is 0 Å². The van der Waals surface area contributed by atoms with Crippen molar-refractivity contribution in [3.8, 4) is 0 Å². The molecule has 0 radical (unpaired) electrons. The van der Waals surface area contributed by atoms with Crippen molar-refractivity contribution in [3.63, 3.8) is 0 Å². The maximum Gasteiger partial charge on any atom is 0.191 e. The fourth-order valence-electron chi connectivity index (χ4n) is 3.04. The van der Waals surface area contributed by atoms with Gasteiger partial charge in [-0.05, 0) is 42.9 Å². The van der Waals surface area contributed by atoms with Crippen LogP contribution >= 0.6 is 39.9 Å². The number of halogens is 2. The van der Waals surface area contributed by atoms with E-state index in [4.69, 9.17) is 0 Å². The van der Waals surface area contributed by atoms with Crippen LogP contribution in [0.1, 0.15) is 19.8 Å². The average molecular weight is 493 g/mol. The van der Waals surface area contributed by atoms with Gasteiger partial charge in [0, 0.05) is 42.9 Å². The van der Waals surface area contributed by atoms with Crippen molar-refractivity contribution < 1.29 is 0 Å². The lowest BCUT2D eigenvalue weighted by Crippen LogP contribution is -2.41. The Bertz CT molecular complexity index is 551. The third-order valence-corrected chi connectivity index (χ3v) is 5.17. The first-order chi connectivity index (χ1) is 10.7. The van der Waals surface area contributed by atoms with Gasteiger partial charge in [0.05, 0.1) is 0 Å². The third-order valence-electron chi connectivity index (χ3n) is 4.67. The van der Waals surface area contributed by atoms with Crippen molar-refractivity contribution in [2.75, 3.05) is 31.6 Å². The molecule has 1 aromatic rings. The van der Waals surface area contributed by atoms with Gasteiger partial charge in [-0.2, -0.15) is 0 Å². The average Bonchev–Trinajstić information content (AvgIpc) is 3.01. The summed E-state index contributed by atoms with van der Waals surface area (Å²) >= 11 is 3.55. The number of anilines is 1. The van der Waals surface area contributed by atoms with Gasteiger partial charge in [-0.3, -0.25) is 4.99 Å². The zero-order chi connectivity index (χ0) is 15.5. The summed E-state index contributed by atoms with van der Waals surface area (Å²) in [6.45, 7) is 5.51. The number of nitrogens with zero attached hydrogens (tertiary/aromatic N) is 2. The Balaban J connectivity index is 0.00000192. The van der Waals surface area contributed by atoms with Gasteiger partial charge in [0.1, 0.15) is 0 Å². The summed E-state index contributed by atoms with van der Waals surface area (Å²) in [5.74, 6) is 2.42. The first-order valence-corrected chi connectivity index (χ1v) is 8.92. The molecule has 2 fully saturated rings.